The Morgan fingerprint density at radius 2 is 1.92 bits per heavy atom. The van der Waals surface area contributed by atoms with Crippen molar-refractivity contribution in [1.29, 1.82) is 0 Å². The molecule has 7 heteroatoms. The van der Waals surface area contributed by atoms with Crippen LogP contribution in [0.2, 0.25) is 0 Å². The molecule has 0 unspecified atom stereocenters. The first-order valence-corrected chi connectivity index (χ1v) is 7.67. The second-order valence-corrected chi connectivity index (χ2v) is 5.50. The van der Waals surface area contributed by atoms with Gasteiger partial charge in [0.15, 0.2) is 0 Å². The second kappa shape index (κ2) is 8.26. The third kappa shape index (κ3) is 4.92. The molecule has 0 saturated heterocycles. The summed E-state index contributed by atoms with van der Waals surface area (Å²) in [6, 6.07) is 9.58. The first kappa shape index (κ1) is 17.7. The fourth-order valence-corrected chi connectivity index (χ4v) is 2.10. The minimum atomic E-state index is -0.247. The Morgan fingerprint density at radius 1 is 1.21 bits per heavy atom. The van der Waals surface area contributed by atoms with E-state index in [0.717, 1.165) is 11.4 Å². The highest BCUT2D eigenvalue weighted by atomic mass is 16.5. The van der Waals surface area contributed by atoms with Crippen LogP contribution in [0, 0.1) is 6.92 Å². The van der Waals surface area contributed by atoms with Gasteiger partial charge in [-0.1, -0.05) is 0 Å². The topological polar surface area (TPSA) is 79.4 Å². The molecule has 1 aromatic heterocycles. The van der Waals surface area contributed by atoms with Crippen LogP contribution in [0.5, 0.6) is 0 Å². The molecule has 2 N–H and O–H groups in total. The van der Waals surface area contributed by atoms with Gasteiger partial charge in [-0.05, 0) is 31.2 Å². The largest absolute Gasteiger partial charge is 0.383 e. The highest BCUT2D eigenvalue weighted by molar-refractivity contribution is 5.93. The lowest BCUT2D eigenvalue weighted by Crippen LogP contribution is -2.28. The number of hydrogen-bond donors (Lipinski definition) is 2. The number of hydrogen-bond acceptors (Lipinski definition) is 6. The van der Waals surface area contributed by atoms with Crippen molar-refractivity contribution in [2.75, 3.05) is 44.6 Å². The molecular weight excluding hydrogens is 306 g/mol. The Bertz CT molecular complexity index is 686. The summed E-state index contributed by atoms with van der Waals surface area (Å²) in [5.74, 6) is 0.863. The maximum absolute atomic E-state index is 12.1. The summed E-state index contributed by atoms with van der Waals surface area (Å²) in [5, 5.41) is 5.95. The zero-order chi connectivity index (χ0) is 17.5. The third-order valence-electron chi connectivity index (χ3n) is 3.32. The lowest BCUT2D eigenvalue weighted by atomic mass is 10.2. The summed E-state index contributed by atoms with van der Waals surface area (Å²) >= 11 is 0. The van der Waals surface area contributed by atoms with Gasteiger partial charge in [0, 0.05) is 45.2 Å². The van der Waals surface area contributed by atoms with E-state index < -0.39 is 0 Å². The van der Waals surface area contributed by atoms with Crippen LogP contribution in [0.4, 0.5) is 17.2 Å². The molecule has 1 heterocycles. The maximum Gasteiger partial charge on any atom is 0.270 e. The van der Waals surface area contributed by atoms with Crippen molar-refractivity contribution in [2.24, 2.45) is 0 Å². The number of aromatic nitrogens is 2. The van der Waals surface area contributed by atoms with Crippen LogP contribution in [0.15, 0.2) is 30.3 Å². The van der Waals surface area contributed by atoms with Crippen molar-refractivity contribution in [3.05, 3.63) is 41.9 Å². The van der Waals surface area contributed by atoms with Crippen LogP contribution >= 0.6 is 0 Å². The van der Waals surface area contributed by atoms with Crippen LogP contribution in [0.1, 0.15) is 16.3 Å². The van der Waals surface area contributed by atoms with E-state index in [2.05, 4.69) is 20.6 Å². The zero-order valence-electron chi connectivity index (χ0n) is 14.5. The fraction of sp³-hybridized carbons (Fsp3) is 0.353. The van der Waals surface area contributed by atoms with Gasteiger partial charge in [-0.2, -0.15) is 0 Å². The van der Waals surface area contributed by atoms with E-state index in [1.165, 1.54) is 0 Å². The van der Waals surface area contributed by atoms with Gasteiger partial charge >= 0.3 is 0 Å². The number of nitrogens with one attached hydrogen (secondary N) is 2. The van der Waals surface area contributed by atoms with E-state index in [1.807, 2.05) is 43.3 Å². The van der Waals surface area contributed by atoms with Crippen LogP contribution in [-0.2, 0) is 4.74 Å². The van der Waals surface area contributed by atoms with Gasteiger partial charge in [-0.3, -0.25) is 4.79 Å². The summed E-state index contributed by atoms with van der Waals surface area (Å²) in [6.45, 7) is 2.65. The summed E-state index contributed by atoms with van der Waals surface area (Å²) < 4.78 is 4.92. The molecule has 0 aliphatic carbocycles. The number of carbonyl (C=O) groups excluding carboxylic acids is 1. The number of amides is 1. The summed E-state index contributed by atoms with van der Waals surface area (Å²) in [6.07, 6.45) is 0. The van der Waals surface area contributed by atoms with Crippen molar-refractivity contribution in [3.63, 3.8) is 0 Å². The molecule has 0 fully saturated rings. The van der Waals surface area contributed by atoms with Crippen molar-refractivity contribution in [3.8, 4) is 0 Å². The third-order valence-corrected chi connectivity index (χ3v) is 3.32. The predicted octanol–water partition coefficient (Wildman–Crippen LogP) is 1.97. The zero-order valence-corrected chi connectivity index (χ0v) is 14.5. The number of anilines is 3. The second-order valence-electron chi connectivity index (χ2n) is 5.50. The smallest absolute Gasteiger partial charge is 0.270 e. The fourth-order valence-electron chi connectivity index (χ4n) is 2.10. The Kier molecular flexibility index (Phi) is 6.08. The van der Waals surface area contributed by atoms with Gasteiger partial charge in [0.05, 0.1) is 6.61 Å². The predicted molar refractivity (Wildman–Crippen MR) is 95.0 cm³/mol. The van der Waals surface area contributed by atoms with E-state index in [1.54, 1.807) is 20.1 Å². The maximum atomic E-state index is 12.1. The van der Waals surface area contributed by atoms with Crippen molar-refractivity contribution in [1.82, 2.24) is 15.3 Å². The summed E-state index contributed by atoms with van der Waals surface area (Å²) in [4.78, 5) is 22.6. The quantitative estimate of drug-likeness (QED) is 0.756. The summed E-state index contributed by atoms with van der Waals surface area (Å²) in [5.41, 5.74) is 2.33. The van der Waals surface area contributed by atoms with Gasteiger partial charge in [0.2, 0.25) is 0 Å². The molecule has 0 spiro atoms. The van der Waals surface area contributed by atoms with Crippen molar-refractivity contribution in [2.45, 2.75) is 6.92 Å². The van der Waals surface area contributed by atoms with E-state index in [-0.39, 0.29) is 5.91 Å². The number of methoxy groups -OCH3 is 1. The van der Waals surface area contributed by atoms with Crippen LogP contribution in [-0.4, -0.2) is 50.2 Å². The van der Waals surface area contributed by atoms with E-state index in [0.29, 0.717) is 30.5 Å². The molecule has 0 radical (unpaired) electrons. The highest BCUT2D eigenvalue weighted by Gasteiger charge is 2.10. The minimum absolute atomic E-state index is 0.247. The van der Waals surface area contributed by atoms with Gasteiger partial charge < -0.3 is 20.3 Å². The normalized spacial score (nSPS) is 10.3. The lowest BCUT2D eigenvalue weighted by Gasteiger charge is -2.13. The van der Waals surface area contributed by atoms with E-state index >= 15 is 0 Å². The molecule has 1 amide bonds. The molecule has 0 aliphatic rings. The average molecular weight is 329 g/mol. The van der Waals surface area contributed by atoms with Crippen molar-refractivity contribution < 1.29 is 9.53 Å². The molecule has 128 valence electrons. The Labute approximate surface area is 142 Å². The number of nitrogens with zero attached hydrogens (tertiary/aromatic N) is 3. The van der Waals surface area contributed by atoms with Crippen LogP contribution < -0.4 is 15.5 Å². The number of carbonyl (C=O) groups is 1. The SMILES string of the molecule is COCCNC(=O)c1cc(Nc2ccc(N(C)C)cc2)nc(C)n1. The molecule has 0 bridgehead atoms. The standard InChI is InChI=1S/C17H23N5O2/c1-12-19-15(17(23)18-9-10-24-4)11-16(20-12)21-13-5-7-14(8-6-13)22(2)3/h5-8,11H,9-10H2,1-4H3,(H,18,23)(H,19,20,21). The molecule has 0 saturated carbocycles. The Morgan fingerprint density at radius 3 is 2.54 bits per heavy atom. The van der Waals surface area contributed by atoms with Gasteiger partial charge in [-0.25, -0.2) is 9.97 Å². The molecule has 2 aromatic rings. The van der Waals surface area contributed by atoms with Gasteiger partial charge in [0.25, 0.3) is 5.91 Å². The molecule has 0 atom stereocenters. The van der Waals surface area contributed by atoms with Gasteiger partial charge in [0.1, 0.15) is 17.3 Å². The first-order chi connectivity index (χ1) is 11.5. The van der Waals surface area contributed by atoms with Crippen molar-refractivity contribution >= 4 is 23.1 Å². The average Bonchev–Trinajstić information content (AvgIpc) is 2.55. The van der Waals surface area contributed by atoms with Crippen LogP contribution in [0.25, 0.3) is 0 Å². The van der Waals surface area contributed by atoms with E-state index in [4.69, 9.17) is 4.74 Å². The number of benzene rings is 1. The molecular formula is C17H23N5O2. The van der Waals surface area contributed by atoms with Crippen LogP contribution in [0.3, 0.4) is 0 Å². The minimum Gasteiger partial charge on any atom is -0.383 e. The molecule has 1 aromatic carbocycles. The molecule has 24 heavy (non-hydrogen) atoms. The Hall–Kier alpha value is -2.67. The molecule has 2 rings (SSSR count). The number of rotatable bonds is 7. The first-order valence-electron chi connectivity index (χ1n) is 7.67. The molecule has 7 nitrogen and oxygen atoms in total. The van der Waals surface area contributed by atoms with Gasteiger partial charge in [-0.15, -0.1) is 0 Å². The number of ether oxygens (including phenoxy) is 1. The summed E-state index contributed by atoms with van der Waals surface area (Å²) in [7, 11) is 5.57. The Balaban J connectivity index is 2.11. The van der Waals surface area contributed by atoms with E-state index in [9.17, 15) is 4.79 Å². The lowest BCUT2D eigenvalue weighted by molar-refractivity contribution is 0.0932. The molecule has 0 aliphatic heterocycles. The highest BCUT2D eigenvalue weighted by Crippen LogP contribution is 2.19. The number of aryl methyl sites for hydroxylation is 1. The monoisotopic (exact) mass is 329 g/mol.